The van der Waals surface area contributed by atoms with Crippen molar-refractivity contribution < 1.29 is 9.21 Å². The number of carbonyl (C=O) groups is 1. The van der Waals surface area contributed by atoms with Crippen molar-refractivity contribution >= 4 is 5.91 Å². The minimum atomic E-state index is 0.220. The lowest BCUT2D eigenvalue weighted by Crippen LogP contribution is -2.34. The quantitative estimate of drug-likeness (QED) is 0.865. The van der Waals surface area contributed by atoms with Gasteiger partial charge in [0.15, 0.2) is 0 Å². The van der Waals surface area contributed by atoms with Crippen molar-refractivity contribution in [3.05, 3.63) is 23.7 Å². The lowest BCUT2D eigenvalue weighted by Gasteiger charge is -2.19. The topological polar surface area (TPSA) is 45.5 Å². The van der Waals surface area contributed by atoms with E-state index in [1.165, 1.54) is 6.42 Å². The summed E-state index contributed by atoms with van der Waals surface area (Å²) >= 11 is 0. The molecule has 0 spiro atoms. The highest BCUT2D eigenvalue weighted by Gasteiger charge is 2.19. The summed E-state index contributed by atoms with van der Waals surface area (Å²) in [6.07, 6.45) is 3.71. The molecule has 2 rings (SSSR count). The van der Waals surface area contributed by atoms with Gasteiger partial charge in [0, 0.05) is 32.5 Å². The van der Waals surface area contributed by atoms with Crippen molar-refractivity contribution in [3.8, 4) is 0 Å². The molecule has 1 aliphatic heterocycles. The molecule has 1 atom stereocenters. The molecule has 1 unspecified atom stereocenters. The third kappa shape index (κ3) is 3.60. The summed E-state index contributed by atoms with van der Waals surface area (Å²) in [6, 6.07) is 4.32. The number of hydrogen-bond donors (Lipinski definition) is 1. The first-order valence-electron chi connectivity index (χ1n) is 6.68. The number of hydrogen-bond acceptors (Lipinski definition) is 3. The van der Waals surface area contributed by atoms with Crippen LogP contribution >= 0.6 is 0 Å². The molecule has 0 aliphatic carbocycles. The Labute approximate surface area is 108 Å². The Morgan fingerprint density at radius 2 is 2.39 bits per heavy atom. The van der Waals surface area contributed by atoms with Crippen LogP contribution in [0, 0.1) is 6.92 Å². The average molecular weight is 250 g/mol. The SMILES string of the molecule is Cc1ccc(CCN(C)C(=O)CC2CCCN2)o1. The van der Waals surface area contributed by atoms with E-state index in [1.54, 1.807) is 4.90 Å². The Bertz CT molecular complexity index is 394. The Morgan fingerprint density at radius 3 is 3.00 bits per heavy atom. The van der Waals surface area contributed by atoms with E-state index in [9.17, 15) is 4.79 Å². The summed E-state index contributed by atoms with van der Waals surface area (Å²) in [4.78, 5) is 13.8. The number of nitrogens with zero attached hydrogens (tertiary/aromatic N) is 1. The number of likely N-dealkylation sites (N-methyl/N-ethyl adjacent to an activating group) is 1. The maximum atomic E-state index is 12.0. The molecule has 18 heavy (non-hydrogen) atoms. The summed E-state index contributed by atoms with van der Waals surface area (Å²) in [5.74, 6) is 2.10. The second-order valence-corrected chi connectivity index (χ2v) is 5.08. The second kappa shape index (κ2) is 6.05. The van der Waals surface area contributed by atoms with E-state index >= 15 is 0 Å². The maximum absolute atomic E-state index is 12.0. The highest BCUT2D eigenvalue weighted by Crippen LogP contribution is 2.11. The molecule has 1 aromatic rings. The fraction of sp³-hybridized carbons (Fsp3) is 0.643. The standard InChI is InChI=1S/C14H22N2O2/c1-11-5-6-13(18-11)7-9-16(2)14(17)10-12-4-3-8-15-12/h5-6,12,15H,3-4,7-10H2,1-2H3. The van der Waals surface area contributed by atoms with Crippen LogP contribution in [0.4, 0.5) is 0 Å². The van der Waals surface area contributed by atoms with Gasteiger partial charge >= 0.3 is 0 Å². The monoisotopic (exact) mass is 250 g/mol. The van der Waals surface area contributed by atoms with Gasteiger partial charge in [-0.2, -0.15) is 0 Å². The van der Waals surface area contributed by atoms with Gasteiger partial charge < -0.3 is 14.6 Å². The minimum Gasteiger partial charge on any atom is -0.466 e. The molecule has 1 N–H and O–H groups in total. The Kier molecular flexibility index (Phi) is 4.42. The predicted octanol–water partition coefficient (Wildman–Crippen LogP) is 1.73. The van der Waals surface area contributed by atoms with Crippen molar-refractivity contribution in [3.63, 3.8) is 0 Å². The van der Waals surface area contributed by atoms with Crippen molar-refractivity contribution in [2.45, 2.75) is 38.6 Å². The number of nitrogens with one attached hydrogen (secondary N) is 1. The van der Waals surface area contributed by atoms with E-state index in [-0.39, 0.29) is 5.91 Å². The molecule has 1 aromatic heterocycles. The van der Waals surface area contributed by atoms with E-state index in [4.69, 9.17) is 4.42 Å². The number of rotatable bonds is 5. The summed E-state index contributed by atoms with van der Waals surface area (Å²) in [5, 5.41) is 3.35. The first-order chi connectivity index (χ1) is 8.65. The van der Waals surface area contributed by atoms with Gasteiger partial charge in [-0.1, -0.05) is 0 Å². The molecule has 1 amide bonds. The molecule has 0 aromatic carbocycles. The molecule has 1 aliphatic rings. The zero-order chi connectivity index (χ0) is 13.0. The fourth-order valence-electron chi connectivity index (χ4n) is 2.32. The number of amides is 1. The van der Waals surface area contributed by atoms with Gasteiger partial charge in [0.2, 0.25) is 5.91 Å². The first kappa shape index (κ1) is 13.1. The van der Waals surface area contributed by atoms with Gasteiger partial charge in [-0.05, 0) is 38.4 Å². The Morgan fingerprint density at radius 1 is 1.56 bits per heavy atom. The van der Waals surface area contributed by atoms with Crippen LogP contribution in [0.1, 0.15) is 30.8 Å². The fourth-order valence-corrected chi connectivity index (χ4v) is 2.32. The van der Waals surface area contributed by atoms with Crippen LogP contribution in [0.15, 0.2) is 16.5 Å². The number of aryl methyl sites for hydroxylation is 1. The van der Waals surface area contributed by atoms with Crippen molar-refractivity contribution in [1.29, 1.82) is 0 Å². The molecule has 100 valence electrons. The van der Waals surface area contributed by atoms with Crippen LogP contribution in [0.25, 0.3) is 0 Å². The van der Waals surface area contributed by atoms with E-state index in [1.807, 2.05) is 26.1 Å². The summed E-state index contributed by atoms with van der Waals surface area (Å²) in [7, 11) is 1.87. The van der Waals surface area contributed by atoms with Crippen LogP contribution < -0.4 is 5.32 Å². The van der Waals surface area contributed by atoms with E-state index in [0.29, 0.717) is 12.5 Å². The van der Waals surface area contributed by atoms with Crippen LogP contribution in [-0.2, 0) is 11.2 Å². The molecule has 0 radical (unpaired) electrons. The molecular formula is C14H22N2O2. The predicted molar refractivity (Wildman–Crippen MR) is 70.4 cm³/mol. The van der Waals surface area contributed by atoms with E-state index in [2.05, 4.69) is 5.32 Å². The lowest BCUT2D eigenvalue weighted by molar-refractivity contribution is -0.130. The van der Waals surface area contributed by atoms with Crippen LogP contribution in [0.5, 0.6) is 0 Å². The van der Waals surface area contributed by atoms with Gasteiger partial charge in [-0.15, -0.1) is 0 Å². The van der Waals surface area contributed by atoms with Gasteiger partial charge in [-0.25, -0.2) is 0 Å². The van der Waals surface area contributed by atoms with Gasteiger partial charge in [0.05, 0.1) is 0 Å². The van der Waals surface area contributed by atoms with E-state index in [0.717, 1.165) is 37.5 Å². The highest BCUT2D eigenvalue weighted by atomic mass is 16.3. The molecule has 0 bridgehead atoms. The maximum Gasteiger partial charge on any atom is 0.223 e. The van der Waals surface area contributed by atoms with Gasteiger partial charge in [0.25, 0.3) is 0 Å². The van der Waals surface area contributed by atoms with Crippen LogP contribution in [-0.4, -0.2) is 37.0 Å². The normalized spacial score (nSPS) is 19.1. The van der Waals surface area contributed by atoms with E-state index < -0.39 is 0 Å². The van der Waals surface area contributed by atoms with Crippen LogP contribution in [0.3, 0.4) is 0 Å². The number of carbonyl (C=O) groups excluding carboxylic acids is 1. The molecular weight excluding hydrogens is 228 g/mol. The second-order valence-electron chi connectivity index (χ2n) is 5.08. The molecule has 4 heteroatoms. The summed E-state index contributed by atoms with van der Waals surface area (Å²) in [5.41, 5.74) is 0. The largest absolute Gasteiger partial charge is 0.466 e. The Hall–Kier alpha value is -1.29. The zero-order valence-corrected chi connectivity index (χ0v) is 11.2. The highest BCUT2D eigenvalue weighted by molar-refractivity contribution is 5.76. The molecule has 1 fully saturated rings. The van der Waals surface area contributed by atoms with Crippen molar-refractivity contribution in [2.24, 2.45) is 0 Å². The summed E-state index contributed by atoms with van der Waals surface area (Å²) < 4.78 is 5.50. The lowest BCUT2D eigenvalue weighted by atomic mass is 10.1. The molecule has 4 nitrogen and oxygen atoms in total. The molecule has 0 saturated carbocycles. The third-order valence-corrected chi connectivity index (χ3v) is 3.50. The Balaban J connectivity index is 1.73. The summed E-state index contributed by atoms with van der Waals surface area (Å²) in [6.45, 7) is 3.70. The number of furan rings is 1. The third-order valence-electron chi connectivity index (χ3n) is 3.50. The van der Waals surface area contributed by atoms with Crippen molar-refractivity contribution in [1.82, 2.24) is 10.2 Å². The van der Waals surface area contributed by atoms with Gasteiger partial charge in [-0.3, -0.25) is 4.79 Å². The van der Waals surface area contributed by atoms with Gasteiger partial charge in [0.1, 0.15) is 11.5 Å². The van der Waals surface area contributed by atoms with Crippen molar-refractivity contribution in [2.75, 3.05) is 20.1 Å². The van der Waals surface area contributed by atoms with Crippen LogP contribution in [0.2, 0.25) is 0 Å². The minimum absolute atomic E-state index is 0.220. The average Bonchev–Trinajstić information content (AvgIpc) is 2.97. The molecule has 2 heterocycles. The smallest absolute Gasteiger partial charge is 0.223 e. The first-order valence-corrected chi connectivity index (χ1v) is 6.68. The molecule has 1 saturated heterocycles. The zero-order valence-electron chi connectivity index (χ0n) is 11.2.